The number of carbonyl (C=O) groups is 4. The second-order valence-corrected chi connectivity index (χ2v) is 6.15. The van der Waals surface area contributed by atoms with Crippen LogP contribution in [0.25, 0.3) is 0 Å². The van der Waals surface area contributed by atoms with Gasteiger partial charge < -0.3 is 30.6 Å². The molecule has 0 aliphatic carbocycles. The third-order valence-electron chi connectivity index (χ3n) is 2.97. The molecule has 0 aromatic rings. The predicted octanol–water partition coefficient (Wildman–Crippen LogP) is -0.0601. The number of carboxylic acid groups (broad SMARTS) is 4. The first-order chi connectivity index (χ1) is 12.1. The van der Waals surface area contributed by atoms with Gasteiger partial charge in [-0.2, -0.15) is 0 Å². The fraction of sp³-hybridized carbons (Fsp3) is 0.750. The number of rotatable bonds is 9. The van der Waals surface area contributed by atoms with Crippen molar-refractivity contribution in [3.05, 3.63) is 0 Å². The molecule has 11 heteroatoms. The van der Waals surface area contributed by atoms with Crippen LogP contribution in [0.3, 0.4) is 0 Å². The van der Waals surface area contributed by atoms with Crippen molar-refractivity contribution < 1.29 is 49.8 Å². The van der Waals surface area contributed by atoms with Gasteiger partial charge in [0.15, 0.2) is 5.60 Å². The summed E-state index contributed by atoms with van der Waals surface area (Å²) in [6, 6.07) is 1.07. The Labute approximate surface area is 157 Å². The third-order valence-corrected chi connectivity index (χ3v) is 2.97. The second-order valence-electron chi connectivity index (χ2n) is 6.15. The normalized spacial score (nSPS) is 10.6. The first kappa shape index (κ1) is 29.5. The average Bonchev–Trinajstić information content (AvgIpc) is 2.42. The Bertz CT molecular complexity index is 448. The molecule has 6 N–H and O–H groups in total. The molecule has 0 fully saturated rings. The SMILES string of the molecule is CC(=O)O.CC(C)N(CCO)C(C)C.O=C(O)CC(O)(CC(=O)O)C(=O)O. The highest BCUT2D eigenvalue weighted by atomic mass is 16.4. The summed E-state index contributed by atoms with van der Waals surface area (Å²) in [4.78, 5) is 41.7. The molecule has 0 saturated carbocycles. The summed E-state index contributed by atoms with van der Waals surface area (Å²) in [7, 11) is 0. The van der Waals surface area contributed by atoms with Crippen molar-refractivity contribution in [1.82, 2.24) is 4.90 Å². The summed E-state index contributed by atoms with van der Waals surface area (Å²) in [5, 5.41) is 49.9. The van der Waals surface area contributed by atoms with Crippen LogP contribution in [0.15, 0.2) is 0 Å². The molecule has 0 spiro atoms. The van der Waals surface area contributed by atoms with Crippen LogP contribution >= 0.6 is 0 Å². The zero-order valence-corrected chi connectivity index (χ0v) is 16.2. The largest absolute Gasteiger partial charge is 0.481 e. The number of nitrogens with zero attached hydrogens (tertiary/aromatic N) is 1. The molecule has 0 aliphatic rings. The molecule has 0 radical (unpaired) electrons. The molecule has 160 valence electrons. The van der Waals surface area contributed by atoms with Crippen molar-refractivity contribution in [2.45, 2.75) is 65.1 Å². The van der Waals surface area contributed by atoms with E-state index in [1.165, 1.54) is 0 Å². The van der Waals surface area contributed by atoms with Crippen molar-refractivity contribution in [1.29, 1.82) is 0 Å². The minimum absolute atomic E-state index is 0.260. The van der Waals surface area contributed by atoms with Crippen LogP contribution in [0.1, 0.15) is 47.5 Å². The first-order valence-electron chi connectivity index (χ1n) is 8.06. The minimum atomic E-state index is -2.74. The monoisotopic (exact) mass is 397 g/mol. The van der Waals surface area contributed by atoms with E-state index in [2.05, 4.69) is 32.6 Å². The standard InChI is InChI=1S/C8H19NO.C6H8O7.C2H4O2/c1-7(2)9(5-6-10)8(3)4;7-3(8)1-6(13,5(11)12)2-4(9)10;1-2(3)4/h7-8,10H,5-6H2,1-4H3;13H,1-2H2,(H,7,8)(H,9,10)(H,11,12);1H3,(H,3,4). The lowest BCUT2D eigenvalue weighted by atomic mass is 9.96. The highest BCUT2D eigenvalue weighted by Gasteiger charge is 2.40. The highest BCUT2D eigenvalue weighted by molar-refractivity contribution is 5.88. The fourth-order valence-electron chi connectivity index (χ4n) is 1.94. The summed E-state index contributed by atoms with van der Waals surface area (Å²) in [6.07, 6.45) is -2.29. The summed E-state index contributed by atoms with van der Waals surface area (Å²) >= 11 is 0. The molecule has 0 aliphatic heterocycles. The van der Waals surface area contributed by atoms with E-state index in [0.29, 0.717) is 12.1 Å². The van der Waals surface area contributed by atoms with Gasteiger partial charge in [-0.3, -0.25) is 19.3 Å². The van der Waals surface area contributed by atoms with Gasteiger partial charge in [0.1, 0.15) is 0 Å². The number of aliphatic hydroxyl groups excluding tert-OH is 1. The van der Waals surface area contributed by atoms with Crippen LogP contribution in [0, 0.1) is 0 Å². The molecular weight excluding hydrogens is 366 g/mol. The maximum atomic E-state index is 10.3. The van der Waals surface area contributed by atoms with Crippen molar-refractivity contribution >= 4 is 23.9 Å². The van der Waals surface area contributed by atoms with E-state index in [1.54, 1.807) is 0 Å². The Kier molecular flexibility index (Phi) is 16.3. The van der Waals surface area contributed by atoms with Gasteiger partial charge in [-0.1, -0.05) is 0 Å². The Morgan fingerprint density at radius 3 is 1.26 bits per heavy atom. The van der Waals surface area contributed by atoms with Gasteiger partial charge in [0.2, 0.25) is 0 Å². The van der Waals surface area contributed by atoms with E-state index in [-0.39, 0.29) is 6.61 Å². The van der Waals surface area contributed by atoms with Gasteiger partial charge in [-0.25, -0.2) is 4.79 Å². The Morgan fingerprint density at radius 1 is 0.852 bits per heavy atom. The molecule has 0 aromatic heterocycles. The third kappa shape index (κ3) is 18.4. The topological polar surface area (TPSA) is 193 Å². The van der Waals surface area contributed by atoms with Gasteiger partial charge in [0.25, 0.3) is 5.97 Å². The number of hydrogen-bond donors (Lipinski definition) is 6. The maximum absolute atomic E-state index is 10.3. The van der Waals surface area contributed by atoms with Crippen LogP contribution in [0.2, 0.25) is 0 Å². The van der Waals surface area contributed by atoms with Crippen LogP contribution in [0.5, 0.6) is 0 Å². The van der Waals surface area contributed by atoms with Crippen LogP contribution < -0.4 is 0 Å². The highest BCUT2D eigenvalue weighted by Crippen LogP contribution is 2.15. The quantitative estimate of drug-likeness (QED) is 0.305. The van der Waals surface area contributed by atoms with E-state index < -0.39 is 42.3 Å². The Morgan fingerprint density at radius 2 is 1.15 bits per heavy atom. The lowest BCUT2D eigenvalue weighted by Crippen LogP contribution is -2.42. The minimum Gasteiger partial charge on any atom is -0.481 e. The molecule has 0 atom stereocenters. The van der Waals surface area contributed by atoms with E-state index >= 15 is 0 Å². The first-order valence-corrected chi connectivity index (χ1v) is 8.06. The Balaban J connectivity index is -0.000000364. The number of hydrogen-bond acceptors (Lipinski definition) is 7. The van der Waals surface area contributed by atoms with Crippen LogP contribution in [0.4, 0.5) is 0 Å². The molecular formula is C16H31NO10. The fourth-order valence-corrected chi connectivity index (χ4v) is 1.94. The Hall–Kier alpha value is -2.24. The van der Waals surface area contributed by atoms with E-state index in [0.717, 1.165) is 13.5 Å². The molecule has 0 heterocycles. The van der Waals surface area contributed by atoms with Crippen LogP contribution in [-0.4, -0.2) is 90.3 Å². The lowest BCUT2D eigenvalue weighted by molar-refractivity contribution is -0.170. The van der Waals surface area contributed by atoms with Gasteiger partial charge in [-0.15, -0.1) is 0 Å². The predicted molar refractivity (Wildman–Crippen MR) is 94.5 cm³/mol. The molecule has 0 amide bonds. The second kappa shape index (κ2) is 14.9. The summed E-state index contributed by atoms with van der Waals surface area (Å²) in [5.74, 6) is -5.85. The van der Waals surface area contributed by atoms with Gasteiger partial charge in [0.05, 0.1) is 19.4 Å². The van der Waals surface area contributed by atoms with Crippen molar-refractivity contribution in [2.24, 2.45) is 0 Å². The smallest absolute Gasteiger partial charge is 0.336 e. The zero-order chi connectivity index (χ0) is 22.4. The molecule has 11 nitrogen and oxygen atoms in total. The van der Waals surface area contributed by atoms with E-state index in [9.17, 15) is 14.4 Å². The zero-order valence-electron chi connectivity index (χ0n) is 16.2. The van der Waals surface area contributed by atoms with Crippen LogP contribution in [-0.2, 0) is 19.2 Å². The van der Waals surface area contributed by atoms with Crippen molar-refractivity contribution in [3.8, 4) is 0 Å². The number of aliphatic hydroxyl groups is 2. The van der Waals surface area contributed by atoms with E-state index in [1.807, 2.05) is 0 Å². The molecule has 0 bridgehead atoms. The van der Waals surface area contributed by atoms with Gasteiger partial charge in [0, 0.05) is 25.6 Å². The summed E-state index contributed by atoms with van der Waals surface area (Å²) in [5.41, 5.74) is -2.74. The molecule has 0 saturated heterocycles. The van der Waals surface area contributed by atoms with E-state index in [4.69, 9.17) is 35.4 Å². The summed E-state index contributed by atoms with van der Waals surface area (Å²) in [6.45, 7) is 10.7. The summed E-state index contributed by atoms with van der Waals surface area (Å²) < 4.78 is 0. The van der Waals surface area contributed by atoms with Crippen molar-refractivity contribution in [3.63, 3.8) is 0 Å². The van der Waals surface area contributed by atoms with Gasteiger partial charge in [-0.05, 0) is 27.7 Å². The van der Waals surface area contributed by atoms with Gasteiger partial charge >= 0.3 is 17.9 Å². The molecule has 0 aromatic carbocycles. The maximum Gasteiger partial charge on any atom is 0.336 e. The average molecular weight is 397 g/mol. The molecule has 0 unspecified atom stereocenters. The number of carboxylic acids is 4. The lowest BCUT2D eigenvalue weighted by Gasteiger charge is -2.29. The molecule has 0 rings (SSSR count). The number of aliphatic carboxylic acids is 4. The molecule has 27 heavy (non-hydrogen) atoms. The van der Waals surface area contributed by atoms with Crippen molar-refractivity contribution in [2.75, 3.05) is 13.2 Å².